The van der Waals surface area contributed by atoms with Gasteiger partial charge in [-0.25, -0.2) is 0 Å². The maximum Gasteiger partial charge on any atom is 0.303 e. The zero-order valence-corrected chi connectivity index (χ0v) is 18.8. The summed E-state index contributed by atoms with van der Waals surface area (Å²) in [4.78, 5) is 25.5. The van der Waals surface area contributed by atoms with Gasteiger partial charge >= 0.3 is 5.97 Å². The summed E-state index contributed by atoms with van der Waals surface area (Å²) in [6.07, 6.45) is 3.59. The molecule has 7 nitrogen and oxygen atoms in total. The minimum atomic E-state index is -2.16. The third-order valence-corrected chi connectivity index (χ3v) is 5.56. The number of carboxylic acid groups (broad SMARTS) is 1. The van der Waals surface area contributed by atoms with Crippen molar-refractivity contribution in [3.05, 3.63) is 78.1 Å². The quantitative estimate of drug-likeness (QED) is 0.378. The van der Waals surface area contributed by atoms with Crippen molar-refractivity contribution in [3.8, 4) is 17.1 Å². The van der Waals surface area contributed by atoms with Crippen LogP contribution in [0.2, 0.25) is 0 Å². The highest BCUT2D eigenvalue weighted by Gasteiger charge is 2.31. The first kappa shape index (κ1) is 21.0. The van der Waals surface area contributed by atoms with Crippen LogP contribution in [0, 0.1) is 0 Å². The van der Waals surface area contributed by atoms with Crippen LogP contribution in [-0.4, -0.2) is 47.7 Å². The van der Waals surface area contributed by atoms with E-state index in [0.717, 1.165) is 5.56 Å². The monoisotopic (exact) mass is 465 g/mol. The van der Waals surface area contributed by atoms with E-state index in [9.17, 15) is 9.59 Å². The number of amides is 1. The number of nitrogens with zero attached hydrogens (tertiary/aromatic N) is 1. The minimum Gasteiger partial charge on any atom is -0.493 e. The molecular formula is C27H29NO6. The molecule has 1 aliphatic rings. The van der Waals surface area contributed by atoms with E-state index in [0.29, 0.717) is 42.9 Å². The van der Waals surface area contributed by atoms with Gasteiger partial charge in [0.1, 0.15) is 11.5 Å². The van der Waals surface area contributed by atoms with Crippen LogP contribution in [0.5, 0.6) is 5.75 Å². The largest absolute Gasteiger partial charge is 0.493 e. The highest BCUT2D eigenvalue weighted by atomic mass is 16.5. The van der Waals surface area contributed by atoms with E-state index >= 15 is 0 Å². The Hall–Kier alpha value is -3.58. The van der Waals surface area contributed by atoms with Crippen LogP contribution in [-0.2, 0) is 16.0 Å². The van der Waals surface area contributed by atoms with Gasteiger partial charge in [0.15, 0.2) is 0 Å². The van der Waals surface area contributed by atoms with Gasteiger partial charge in [0.05, 0.1) is 41.4 Å². The molecular weight excluding hydrogens is 434 g/mol. The predicted octanol–water partition coefficient (Wildman–Crippen LogP) is 5.01. The number of hydrogen-bond donors (Lipinski definition) is 1. The molecule has 4 rings (SSSR count). The fourth-order valence-electron chi connectivity index (χ4n) is 3.59. The fourth-order valence-corrected chi connectivity index (χ4v) is 3.59. The molecule has 34 heavy (non-hydrogen) atoms. The Kier molecular flexibility index (Phi) is 7.11. The van der Waals surface area contributed by atoms with E-state index in [1.54, 1.807) is 60.9 Å². The van der Waals surface area contributed by atoms with Crippen LogP contribution in [0.1, 0.15) is 44.3 Å². The number of rotatable bonds is 12. The number of unbranched alkanes of at least 4 members (excludes halogenated alkanes) is 2. The van der Waals surface area contributed by atoms with Gasteiger partial charge in [0.2, 0.25) is 0 Å². The van der Waals surface area contributed by atoms with E-state index in [1.165, 1.54) is 4.90 Å². The first-order valence-electron chi connectivity index (χ1n) is 12.4. The van der Waals surface area contributed by atoms with Crippen LogP contribution in [0.15, 0.2) is 71.3 Å². The van der Waals surface area contributed by atoms with E-state index in [4.69, 9.17) is 21.7 Å². The maximum absolute atomic E-state index is 13.6. The zero-order chi connectivity index (χ0) is 25.5. The predicted molar refractivity (Wildman–Crippen MR) is 127 cm³/mol. The zero-order valence-electron chi connectivity index (χ0n) is 20.8. The molecule has 1 aliphatic heterocycles. The summed E-state index contributed by atoms with van der Waals surface area (Å²) < 4.78 is 34.6. The summed E-state index contributed by atoms with van der Waals surface area (Å²) in [6, 6.07) is 16.9. The van der Waals surface area contributed by atoms with Gasteiger partial charge in [-0.3, -0.25) is 9.59 Å². The van der Waals surface area contributed by atoms with Crippen LogP contribution >= 0.6 is 0 Å². The lowest BCUT2D eigenvalue weighted by molar-refractivity contribution is -0.137. The van der Waals surface area contributed by atoms with Crippen LogP contribution in [0.4, 0.5) is 0 Å². The van der Waals surface area contributed by atoms with Crippen LogP contribution < -0.4 is 4.74 Å². The molecule has 0 saturated carbocycles. The van der Waals surface area contributed by atoms with E-state index in [-0.39, 0.29) is 25.2 Å². The molecule has 1 amide bonds. The van der Waals surface area contributed by atoms with E-state index in [2.05, 4.69) is 0 Å². The lowest BCUT2D eigenvalue weighted by Crippen LogP contribution is -2.51. The first-order chi connectivity index (χ1) is 17.4. The lowest BCUT2D eigenvalue weighted by Gasteiger charge is -2.37. The third-order valence-electron chi connectivity index (χ3n) is 5.56. The van der Waals surface area contributed by atoms with Gasteiger partial charge in [-0.15, -0.1) is 0 Å². The molecule has 7 heteroatoms. The number of hydrogen-bond acceptors (Lipinski definition) is 5. The topological polar surface area (TPSA) is 89.2 Å². The Morgan fingerprint density at radius 2 is 1.82 bits per heavy atom. The lowest BCUT2D eigenvalue weighted by atomic mass is 10.1. The Morgan fingerprint density at radius 1 is 1.03 bits per heavy atom. The Balaban J connectivity index is 1.52. The van der Waals surface area contributed by atoms with Gasteiger partial charge in [-0.2, -0.15) is 0 Å². The summed E-state index contributed by atoms with van der Waals surface area (Å²) in [5, 5.41) is 8.76. The maximum atomic E-state index is 13.6. The molecule has 1 saturated heterocycles. The van der Waals surface area contributed by atoms with Crippen LogP contribution in [0.3, 0.4) is 0 Å². The van der Waals surface area contributed by atoms with E-state index < -0.39 is 24.4 Å². The molecule has 2 aromatic carbocycles. The van der Waals surface area contributed by atoms with Crippen LogP contribution in [0.25, 0.3) is 11.3 Å². The van der Waals surface area contributed by atoms with Gasteiger partial charge in [-0.1, -0.05) is 30.3 Å². The number of carbonyl (C=O) groups is 2. The molecule has 178 valence electrons. The Labute approximate surface area is 201 Å². The number of para-hydroxylation sites is 1. The van der Waals surface area contributed by atoms with Gasteiger partial charge < -0.3 is 23.9 Å². The molecule has 2 heterocycles. The molecule has 1 fully saturated rings. The van der Waals surface area contributed by atoms with Crippen molar-refractivity contribution in [3.63, 3.8) is 0 Å². The number of benzene rings is 2. The standard InChI is InChI=1S/C27H29NO6/c29-26(30)10-2-1-5-15-33-25-8-4-3-7-22(25)17-28(23-18-32-19-23)27(31)21-13-11-20(12-14-21)24-9-6-16-34-24/h3-4,6-9,11-14,16,23H,1-2,5,10,15,17-19H2,(H,29,30)/i17D2. The second-order valence-corrected chi connectivity index (χ2v) is 8.08. The molecule has 1 N–H and O–H groups in total. The number of ether oxygens (including phenoxy) is 2. The van der Waals surface area contributed by atoms with Crippen molar-refractivity contribution in [1.29, 1.82) is 0 Å². The molecule has 1 aromatic heterocycles. The summed E-state index contributed by atoms with van der Waals surface area (Å²) in [5.74, 6) is -0.230. The average molecular weight is 466 g/mol. The first-order valence-corrected chi connectivity index (χ1v) is 11.4. The number of carbonyl (C=O) groups excluding carboxylic acids is 1. The van der Waals surface area contributed by atoms with Crippen molar-refractivity contribution >= 4 is 11.9 Å². The molecule has 0 bridgehead atoms. The molecule has 3 aromatic rings. The normalized spacial score (nSPS) is 14.6. The van der Waals surface area contributed by atoms with Crippen molar-refractivity contribution < 1.29 is 31.3 Å². The highest BCUT2D eigenvalue weighted by molar-refractivity contribution is 5.95. The Bertz CT molecular complexity index is 1160. The number of carboxylic acids is 1. The minimum absolute atomic E-state index is 0.113. The third kappa shape index (κ3) is 6.05. The molecule has 0 atom stereocenters. The molecule has 0 unspecified atom stereocenters. The Morgan fingerprint density at radius 3 is 2.50 bits per heavy atom. The second kappa shape index (κ2) is 11.5. The van der Waals surface area contributed by atoms with Crippen molar-refractivity contribution in [2.45, 2.75) is 38.2 Å². The summed E-state index contributed by atoms with van der Waals surface area (Å²) in [6.45, 7) is -1.34. The summed E-state index contributed by atoms with van der Waals surface area (Å²) in [7, 11) is 0. The molecule has 0 radical (unpaired) electrons. The average Bonchev–Trinajstić information content (AvgIpc) is 3.38. The second-order valence-electron chi connectivity index (χ2n) is 8.08. The highest BCUT2D eigenvalue weighted by Crippen LogP contribution is 2.26. The van der Waals surface area contributed by atoms with Gasteiger partial charge in [0, 0.05) is 23.1 Å². The SMILES string of the molecule is [2H]C([2H])(c1ccccc1OCCCCCC(=O)O)N(C(=O)c1ccc(-c2ccco2)cc1)C1COC1. The molecule has 0 aliphatic carbocycles. The fraction of sp³-hybridized carbons (Fsp3) is 0.333. The van der Waals surface area contributed by atoms with Crippen molar-refractivity contribution in [1.82, 2.24) is 4.90 Å². The van der Waals surface area contributed by atoms with Gasteiger partial charge in [0.25, 0.3) is 5.91 Å². The number of furan rings is 1. The summed E-state index contributed by atoms with van der Waals surface area (Å²) in [5.41, 5.74) is 1.43. The molecule has 0 spiro atoms. The summed E-state index contributed by atoms with van der Waals surface area (Å²) >= 11 is 0. The number of aliphatic carboxylic acids is 1. The van der Waals surface area contributed by atoms with Crippen molar-refractivity contribution in [2.75, 3.05) is 19.8 Å². The van der Waals surface area contributed by atoms with E-state index in [1.807, 2.05) is 6.07 Å². The van der Waals surface area contributed by atoms with Gasteiger partial charge in [-0.05, 0) is 49.6 Å². The smallest absolute Gasteiger partial charge is 0.303 e. The van der Waals surface area contributed by atoms with Crippen molar-refractivity contribution in [2.24, 2.45) is 0 Å².